The molecule has 0 amide bonds. The van der Waals surface area contributed by atoms with Crippen molar-refractivity contribution in [2.24, 2.45) is 0 Å². The highest BCUT2D eigenvalue weighted by molar-refractivity contribution is 6.31. The number of carbonyl (C=O) groups is 1. The first-order valence-electron chi connectivity index (χ1n) is 5.36. The molecule has 0 aliphatic rings. The maximum atomic E-state index is 13.3. The van der Waals surface area contributed by atoms with Gasteiger partial charge in [0.05, 0.1) is 11.6 Å². The summed E-state index contributed by atoms with van der Waals surface area (Å²) in [6, 6.07) is 8.07. The molecule has 19 heavy (non-hydrogen) atoms. The molecule has 0 radical (unpaired) electrons. The highest BCUT2D eigenvalue weighted by Gasteiger charge is 2.13. The average Bonchev–Trinajstić information content (AvgIpc) is 2.36. The second-order valence-electron chi connectivity index (χ2n) is 3.85. The van der Waals surface area contributed by atoms with Crippen molar-refractivity contribution in [1.29, 1.82) is 0 Å². The van der Waals surface area contributed by atoms with Crippen molar-refractivity contribution in [3.8, 4) is 0 Å². The van der Waals surface area contributed by atoms with Crippen molar-refractivity contribution in [3.63, 3.8) is 0 Å². The van der Waals surface area contributed by atoms with Gasteiger partial charge >= 0.3 is 5.97 Å². The Bertz CT molecular complexity index is 697. The Balaban J connectivity index is 2.52. The molecule has 0 saturated carbocycles. The Hall–Kier alpha value is -2.14. The molecule has 2 aromatic rings. The molecule has 1 aromatic carbocycles. The van der Waals surface area contributed by atoms with Crippen LogP contribution in [0.15, 0.2) is 41.2 Å². The molecule has 6 heteroatoms. The van der Waals surface area contributed by atoms with E-state index in [-0.39, 0.29) is 17.3 Å². The summed E-state index contributed by atoms with van der Waals surface area (Å²) in [5, 5.41) is 8.91. The molecule has 1 N–H and O–H groups in total. The first kappa shape index (κ1) is 13.3. The van der Waals surface area contributed by atoms with E-state index in [0.29, 0.717) is 5.56 Å². The molecule has 0 spiro atoms. The molecule has 0 aliphatic heterocycles. The summed E-state index contributed by atoms with van der Waals surface area (Å²) in [6.45, 7) is -0.0993. The van der Waals surface area contributed by atoms with Gasteiger partial charge in [-0.15, -0.1) is 0 Å². The minimum absolute atomic E-state index is 0.0993. The van der Waals surface area contributed by atoms with Crippen molar-refractivity contribution in [1.82, 2.24) is 4.57 Å². The lowest BCUT2D eigenvalue weighted by atomic mass is 10.2. The zero-order valence-corrected chi connectivity index (χ0v) is 10.4. The molecule has 0 aliphatic carbocycles. The van der Waals surface area contributed by atoms with Crippen LogP contribution in [-0.2, 0) is 6.54 Å². The molecule has 0 atom stereocenters. The highest BCUT2D eigenvalue weighted by Crippen LogP contribution is 2.20. The van der Waals surface area contributed by atoms with Crippen LogP contribution in [0.2, 0.25) is 5.02 Å². The standard InChI is InChI=1S/C13H9ClFNO3/c14-12-8(3-1-4-9(12)15)7-16-10(13(18)19)5-2-6-11(16)17/h1-6H,7H2,(H,18,19). The van der Waals surface area contributed by atoms with Gasteiger partial charge in [-0.1, -0.05) is 29.8 Å². The molecular formula is C13H9ClFNO3. The molecule has 1 heterocycles. The third kappa shape index (κ3) is 2.66. The van der Waals surface area contributed by atoms with Gasteiger partial charge in [-0.05, 0) is 17.7 Å². The highest BCUT2D eigenvalue weighted by atomic mass is 35.5. The molecule has 4 nitrogen and oxygen atoms in total. The quantitative estimate of drug-likeness (QED) is 0.940. The zero-order valence-electron chi connectivity index (χ0n) is 9.64. The topological polar surface area (TPSA) is 59.3 Å². The fourth-order valence-corrected chi connectivity index (χ4v) is 1.90. The SMILES string of the molecule is O=C(O)c1cccc(=O)n1Cc1cccc(F)c1Cl. The Kier molecular flexibility index (Phi) is 3.66. The Morgan fingerprint density at radius 1 is 1.26 bits per heavy atom. The van der Waals surface area contributed by atoms with Gasteiger partial charge in [0, 0.05) is 6.07 Å². The number of halogens is 2. The molecule has 2 rings (SSSR count). The van der Waals surface area contributed by atoms with E-state index in [9.17, 15) is 14.0 Å². The summed E-state index contributed by atoms with van der Waals surface area (Å²) in [4.78, 5) is 22.8. The van der Waals surface area contributed by atoms with Crippen LogP contribution in [0.5, 0.6) is 0 Å². The van der Waals surface area contributed by atoms with E-state index in [1.54, 1.807) is 0 Å². The Labute approximate surface area is 112 Å². The van der Waals surface area contributed by atoms with Crippen LogP contribution in [0.25, 0.3) is 0 Å². The number of carboxylic acid groups (broad SMARTS) is 1. The fraction of sp³-hybridized carbons (Fsp3) is 0.0769. The van der Waals surface area contributed by atoms with Crippen LogP contribution >= 0.6 is 11.6 Å². The van der Waals surface area contributed by atoms with Gasteiger partial charge in [-0.2, -0.15) is 0 Å². The summed E-state index contributed by atoms with van der Waals surface area (Å²) >= 11 is 5.79. The van der Waals surface area contributed by atoms with Crippen LogP contribution in [0.1, 0.15) is 16.1 Å². The maximum Gasteiger partial charge on any atom is 0.352 e. The zero-order chi connectivity index (χ0) is 14.0. The van der Waals surface area contributed by atoms with E-state index < -0.39 is 17.3 Å². The van der Waals surface area contributed by atoms with E-state index in [0.717, 1.165) is 4.57 Å². The van der Waals surface area contributed by atoms with Gasteiger partial charge in [-0.3, -0.25) is 9.36 Å². The third-order valence-electron chi connectivity index (χ3n) is 2.63. The van der Waals surface area contributed by atoms with Crippen LogP contribution in [0.4, 0.5) is 4.39 Å². The summed E-state index contributed by atoms with van der Waals surface area (Å²) in [5.74, 6) is -1.84. The molecular weight excluding hydrogens is 273 g/mol. The van der Waals surface area contributed by atoms with Crippen LogP contribution in [0.3, 0.4) is 0 Å². The maximum absolute atomic E-state index is 13.3. The summed E-state index contributed by atoms with van der Waals surface area (Å²) in [7, 11) is 0. The van der Waals surface area contributed by atoms with E-state index >= 15 is 0 Å². The van der Waals surface area contributed by atoms with Gasteiger partial charge in [0.1, 0.15) is 11.5 Å². The number of pyridine rings is 1. The Morgan fingerprint density at radius 3 is 2.63 bits per heavy atom. The number of aromatic nitrogens is 1. The van der Waals surface area contributed by atoms with Crippen molar-refractivity contribution in [3.05, 3.63) is 68.8 Å². The predicted octanol–water partition coefficient (Wildman–Crippen LogP) is 2.39. The molecule has 0 fully saturated rings. The number of benzene rings is 1. The van der Waals surface area contributed by atoms with Gasteiger partial charge in [0.2, 0.25) is 0 Å². The number of aromatic carboxylic acids is 1. The predicted molar refractivity (Wildman–Crippen MR) is 68.2 cm³/mol. The van der Waals surface area contributed by atoms with Crippen molar-refractivity contribution in [2.75, 3.05) is 0 Å². The normalized spacial score (nSPS) is 10.4. The monoisotopic (exact) mass is 281 g/mol. The largest absolute Gasteiger partial charge is 0.477 e. The fourth-order valence-electron chi connectivity index (χ4n) is 1.71. The van der Waals surface area contributed by atoms with Crippen molar-refractivity contribution < 1.29 is 14.3 Å². The van der Waals surface area contributed by atoms with Crippen LogP contribution in [0, 0.1) is 5.82 Å². The number of rotatable bonds is 3. The van der Waals surface area contributed by atoms with Crippen molar-refractivity contribution in [2.45, 2.75) is 6.54 Å². The number of nitrogens with zero attached hydrogens (tertiary/aromatic N) is 1. The van der Waals surface area contributed by atoms with Gasteiger partial charge in [0.15, 0.2) is 0 Å². The van der Waals surface area contributed by atoms with Crippen LogP contribution < -0.4 is 5.56 Å². The van der Waals surface area contributed by atoms with E-state index in [1.165, 1.54) is 36.4 Å². The lowest BCUT2D eigenvalue weighted by molar-refractivity contribution is 0.0684. The summed E-state index contributed by atoms with van der Waals surface area (Å²) in [5.41, 5.74) is -0.314. The number of carboxylic acids is 1. The molecule has 1 aromatic heterocycles. The third-order valence-corrected chi connectivity index (χ3v) is 3.05. The van der Waals surface area contributed by atoms with Crippen molar-refractivity contribution >= 4 is 17.6 Å². The lowest BCUT2D eigenvalue weighted by Gasteiger charge is -2.11. The number of hydrogen-bond donors (Lipinski definition) is 1. The van der Waals surface area contributed by atoms with Crippen LogP contribution in [-0.4, -0.2) is 15.6 Å². The minimum Gasteiger partial charge on any atom is -0.477 e. The lowest BCUT2D eigenvalue weighted by Crippen LogP contribution is -2.25. The summed E-state index contributed by atoms with van der Waals surface area (Å²) in [6.07, 6.45) is 0. The van der Waals surface area contributed by atoms with Gasteiger partial charge < -0.3 is 5.11 Å². The first-order valence-corrected chi connectivity index (χ1v) is 5.74. The van der Waals surface area contributed by atoms with Gasteiger partial charge in [-0.25, -0.2) is 9.18 Å². The average molecular weight is 282 g/mol. The minimum atomic E-state index is -1.23. The molecule has 98 valence electrons. The molecule has 0 unspecified atom stereocenters. The second-order valence-corrected chi connectivity index (χ2v) is 4.23. The first-order chi connectivity index (χ1) is 9.00. The Morgan fingerprint density at radius 2 is 1.95 bits per heavy atom. The summed E-state index contributed by atoms with van der Waals surface area (Å²) < 4.78 is 14.3. The van der Waals surface area contributed by atoms with Gasteiger partial charge in [0.25, 0.3) is 5.56 Å². The molecule has 0 saturated heterocycles. The van der Waals surface area contributed by atoms with E-state index in [1.807, 2.05) is 0 Å². The smallest absolute Gasteiger partial charge is 0.352 e. The number of hydrogen-bond acceptors (Lipinski definition) is 2. The molecule has 0 bridgehead atoms. The van der Waals surface area contributed by atoms with E-state index in [2.05, 4.69) is 0 Å². The van der Waals surface area contributed by atoms with E-state index in [4.69, 9.17) is 16.7 Å². The second kappa shape index (κ2) is 5.24.